The lowest BCUT2D eigenvalue weighted by Crippen LogP contribution is -2.13. The Balaban J connectivity index is 2.23. The van der Waals surface area contributed by atoms with E-state index in [0.717, 1.165) is 25.0 Å². The molecular weight excluding hydrogens is 333 g/mol. The number of rotatable bonds is 4. The van der Waals surface area contributed by atoms with Crippen molar-refractivity contribution in [1.29, 1.82) is 0 Å². The van der Waals surface area contributed by atoms with Crippen molar-refractivity contribution in [2.45, 2.75) is 24.2 Å². The molecule has 1 aliphatic carbocycles. The number of hydrogen-bond donors (Lipinski definition) is 1. The summed E-state index contributed by atoms with van der Waals surface area (Å²) in [5, 5.41) is 2.66. The number of carbonyl (C=O) groups excluding carboxylic acids is 1. The van der Waals surface area contributed by atoms with Crippen LogP contribution in [0.2, 0.25) is 10.0 Å². The minimum absolute atomic E-state index is 0.0378. The van der Waals surface area contributed by atoms with Crippen LogP contribution in [0, 0.1) is 5.92 Å². The normalized spacial score (nSPS) is 15.3. The van der Waals surface area contributed by atoms with Crippen molar-refractivity contribution in [3.63, 3.8) is 0 Å². The van der Waals surface area contributed by atoms with Gasteiger partial charge in [0, 0.05) is 17.1 Å². The van der Waals surface area contributed by atoms with Crippen LogP contribution in [0.4, 0.5) is 5.69 Å². The Morgan fingerprint density at radius 1 is 1.26 bits per heavy atom. The van der Waals surface area contributed by atoms with Crippen molar-refractivity contribution in [1.82, 2.24) is 0 Å². The molecule has 1 saturated carbocycles. The number of halogens is 3. The highest BCUT2D eigenvalue weighted by molar-refractivity contribution is 8.13. The van der Waals surface area contributed by atoms with E-state index in [2.05, 4.69) is 5.32 Å². The Bertz CT molecular complexity index is 603. The maximum Gasteiger partial charge on any atom is 0.261 e. The van der Waals surface area contributed by atoms with Gasteiger partial charge >= 0.3 is 0 Å². The van der Waals surface area contributed by atoms with Crippen molar-refractivity contribution in [3.8, 4) is 0 Å². The average molecular weight is 343 g/mol. The van der Waals surface area contributed by atoms with Crippen LogP contribution >= 0.6 is 33.9 Å². The van der Waals surface area contributed by atoms with Gasteiger partial charge in [-0.05, 0) is 30.9 Å². The van der Waals surface area contributed by atoms with E-state index in [9.17, 15) is 13.2 Å². The van der Waals surface area contributed by atoms with Crippen molar-refractivity contribution in [3.05, 3.63) is 22.2 Å². The van der Waals surface area contributed by atoms with Crippen LogP contribution in [0.3, 0.4) is 0 Å². The minimum Gasteiger partial charge on any atom is -0.324 e. The largest absolute Gasteiger partial charge is 0.324 e. The molecule has 0 aliphatic heterocycles. The number of hydrogen-bond acceptors (Lipinski definition) is 3. The van der Waals surface area contributed by atoms with Gasteiger partial charge in [0.15, 0.2) is 0 Å². The Kier molecular flexibility index (Phi) is 4.30. The summed E-state index contributed by atoms with van der Waals surface area (Å²) in [7, 11) is 1.29. The first-order chi connectivity index (χ1) is 8.77. The highest BCUT2D eigenvalue weighted by atomic mass is 35.7. The highest BCUT2D eigenvalue weighted by Crippen LogP contribution is 2.36. The molecule has 0 spiro atoms. The molecule has 1 aliphatic rings. The summed E-state index contributed by atoms with van der Waals surface area (Å²) in [5.41, 5.74) is 0.207. The monoisotopic (exact) mass is 341 g/mol. The molecule has 0 atom stereocenters. The van der Waals surface area contributed by atoms with Gasteiger partial charge < -0.3 is 5.32 Å². The molecule has 2 rings (SSSR count). The number of benzene rings is 1. The number of amides is 1. The average Bonchev–Trinajstić information content (AvgIpc) is 3.05. The summed E-state index contributed by atoms with van der Waals surface area (Å²) in [6, 6.07) is 2.31. The topological polar surface area (TPSA) is 63.2 Å². The SMILES string of the molecule is O=C(CC1CC1)Nc1c(Cl)cc(S(=O)(=O)Cl)cc1Cl. The molecule has 0 unspecified atom stereocenters. The zero-order valence-electron chi connectivity index (χ0n) is 9.62. The van der Waals surface area contributed by atoms with Crippen LogP contribution in [0.1, 0.15) is 19.3 Å². The van der Waals surface area contributed by atoms with Gasteiger partial charge in [-0.15, -0.1) is 0 Å². The van der Waals surface area contributed by atoms with Crippen molar-refractivity contribution in [2.24, 2.45) is 5.92 Å². The fraction of sp³-hybridized carbons (Fsp3) is 0.364. The third kappa shape index (κ3) is 3.99. The van der Waals surface area contributed by atoms with Gasteiger partial charge in [0.05, 0.1) is 20.6 Å². The molecule has 0 bridgehead atoms. The van der Waals surface area contributed by atoms with Gasteiger partial charge in [-0.1, -0.05) is 23.2 Å². The van der Waals surface area contributed by atoms with Gasteiger partial charge in [-0.3, -0.25) is 4.79 Å². The molecule has 1 aromatic carbocycles. The third-order valence-corrected chi connectivity index (χ3v) is 4.66. The lowest BCUT2D eigenvalue weighted by Gasteiger charge is -2.10. The summed E-state index contributed by atoms with van der Waals surface area (Å²) in [4.78, 5) is 11.5. The molecule has 0 heterocycles. The van der Waals surface area contributed by atoms with Crippen LogP contribution in [0.25, 0.3) is 0 Å². The molecule has 0 radical (unpaired) electrons. The molecule has 0 saturated heterocycles. The maximum atomic E-state index is 11.7. The highest BCUT2D eigenvalue weighted by Gasteiger charge is 2.25. The third-order valence-electron chi connectivity index (χ3n) is 2.73. The second kappa shape index (κ2) is 5.48. The van der Waals surface area contributed by atoms with Gasteiger partial charge in [-0.2, -0.15) is 0 Å². The Labute approximate surface area is 125 Å². The van der Waals surface area contributed by atoms with Crippen LogP contribution in [-0.4, -0.2) is 14.3 Å². The van der Waals surface area contributed by atoms with Crippen molar-refractivity contribution >= 4 is 54.5 Å². The standard InChI is InChI=1S/C11H10Cl3NO3S/c12-8-4-7(19(14,17)18)5-9(13)11(8)15-10(16)3-6-1-2-6/h4-6H,1-3H2,(H,15,16). The van der Waals surface area contributed by atoms with E-state index in [-0.39, 0.29) is 26.5 Å². The quantitative estimate of drug-likeness (QED) is 0.849. The number of nitrogens with one attached hydrogen (secondary N) is 1. The van der Waals surface area contributed by atoms with Gasteiger partial charge in [0.2, 0.25) is 5.91 Å². The smallest absolute Gasteiger partial charge is 0.261 e. The second-order valence-electron chi connectivity index (χ2n) is 4.40. The summed E-state index contributed by atoms with van der Waals surface area (Å²) in [5.74, 6) is 0.243. The lowest BCUT2D eigenvalue weighted by molar-refractivity contribution is -0.116. The lowest BCUT2D eigenvalue weighted by atomic mass is 10.2. The second-order valence-corrected chi connectivity index (χ2v) is 7.78. The summed E-state index contributed by atoms with van der Waals surface area (Å²) in [6.07, 6.45) is 2.53. The van der Waals surface area contributed by atoms with E-state index in [1.807, 2.05) is 0 Å². The first-order valence-electron chi connectivity index (χ1n) is 5.51. The molecule has 104 valence electrons. The van der Waals surface area contributed by atoms with E-state index in [1.54, 1.807) is 0 Å². The molecular formula is C11H10Cl3NO3S. The Morgan fingerprint density at radius 2 is 1.79 bits per heavy atom. The van der Waals surface area contributed by atoms with Crippen LogP contribution < -0.4 is 5.32 Å². The van der Waals surface area contributed by atoms with E-state index in [1.165, 1.54) is 0 Å². The minimum atomic E-state index is -3.91. The molecule has 1 fully saturated rings. The first-order valence-corrected chi connectivity index (χ1v) is 8.57. The zero-order chi connectivity index (χ0) is 14.2. The summed E-state index contributed by atoms with van der Waals surface area (Å²) < 4.78 is 22.4. The molecule has 8 heteroatoms. The molecule has 1 N–H and O–H groups in total. The van der Waals surface area contributed by atoms with Crippen molar-refractivity contribution in [2.75, 3.05) is 5.32 Å². The van der Waals surface area contributed by atoms with E-state index < -0.39 is 9.05 Å². The number of anilines is 1. The van der Waals surface area contributed by atoms with Gasteiger partial charge in [0.25, 0.3) is 9.05 Å². The first kappa shape index (κ1) is 14.9. The predicted octanol–water partition coefficient (Wildman–Crippen LogP) is 3.66. The fourth-order valence-electron chi connectivity index (χ4n) is 1.58. The van der Waals surface area contributed by atoms with Crippen LogP contribution in [0.5, 0.6) is 0 Å². The van der Waals surface area contributed by atoms with E-state index in [4.69, 9.17) is 33.9 Å². The predicted molar refractivity (Wildman–Crippen MR) is 75.5 cm³/mol. The zero-order valence-corrected chi connectivity index (χ0v) is 12.7. The maximum absolute atomic E-state index is 11.7. The molecule has 4 nitrogen and oxygen atoms in total. The molecule has 1 aromatic rings. The number of carbonyl (C=O) groups is 1. The van der Waals surface area contributed by atoms with E-state index >= 15 is 0 Å². The van der Waals surface area contributed by atoms with Crippen molar-refractivity contribution < 1.29 is 13.2 Å². The Morgan fingerprint density at radius 3 is 2.21 bits per heavy atom. The Hall–Kier alpha value is -0.490. The van der Waals surface area contributed by atoms with E-state index in [0.29, 0.717) is 12.3 Å². The van der Waals surface area contributed by atoms with Gasteiger partial charge in [-0.25, -0.2) is 8.42 Å². The van der Waals surface area contributed by atoms with Crippen LogP contribution in [0.15, 0.2) is 17.0 Å². The van der Waals surface area contributed by atoms with Crippen LogP contribution in [-0.2, 0) is 13.8 Å². The fourth-order valence-corrected chi connectivity index (χ4v) is 3.08. The molecule has 19 heavy (non-hydrogen) atoms. The van der Waals surface area contributed by atoms with Gasteiger partial charge in [0.1, 0.15) is 0 Å². The molecule has 0 aromatic heterocycles. The summed E-state index contributed by atoms with van der Waals surface area (Å²) in [6.45, 7) is 0. The molecule has 1 amide bonds. The summed E-state index contributed by atoms with van der Waals surface area (Å²) >= 11 is 11.8.